The lowest BCUT2D eigenvalue weighted by Crippen LogP contribution is -2.28. The molecule has 1 unspecified atom stereocenters. The predicted molar refractivity (Wildman–Crippen MR) is 109 cm³/mol. The fourth-order valence-corrected chi connectivity index (χ4v) is 3.99. The Kier molecular flexibility index (Phi) is 3.71. The number of pyridine rings is 1. The first-order valence-electron chi connectivity index (χ1n) is 9.30. The van der Waals surface area contributed by atoms with Crippen molar-refractivity contribution in [2.24, 2.45) is 10.9 Å². The second-order valence-corrected chi connectivity index (χ2v) is 7.42. The van der Waals surface area contributed by atoms with Crippen LogP contribution >= 0.6 is 0 Å². The van der Waals surface area contributed by atoms with E-state index >= 15 is 0 Å². The van der Waals surface area contributed by atoms with Gasteiger partial charge in [0.2, 0.25) is 0 Å². The molecule has 0 fully saturated rings. The third-order valence-electron chi connectivity index (χ3n) is 5.43. The molecule has 2 N–H and O–H groups in total. The van der Waals surface area contributed by atoms with E-state index in [1.807, 2.05) is 12.1 Å². The van der Waals surface area contributed by atoms with Crippen LogP contribution in [0.4, 0.5) is 11.5 Å². The Hall–Kier alpha value is -3.14. The molecule has 2 aliphatic heterocycles. The number of hydrogen-bond donors (Lipinski definition) is 1. The molecule has 134 valence electrons. The number of aromatic nitrogens is 1. The molecule has 3 aromatic rings. The highest BCUT2D eigenvalue weighted by molar-refractivity contribution is 5.96. The Morgan fingerprint density at radius 1 is 1.00 bits per heavy atom. The molecule has 0 radical (unpaired) electrons. The van der Waals surface area contributed by atoms with Crippen molar-refractivity contribution in [3.63, 3.8) is 0 Å². The van der Waals surface area contributed by atoms with Gasteiger partial charge in [-0.3, -0.25) is 4.99 Å². The minimum Gasteiger partial charge on any atom is -0.493 e. The fraction of sp³-hybridized carbons (Fsp3) is 0.217. The van der Waals surface area contributed by atoms with Gasteiger partial charge >= 0.3 is 0 Å². The van der Waals surface area contributed by atoms with Crippen LogP contribution in [0.3, 0.4) is 0 Å². The van der Waals surface area contributed by atoms with E-state index in [1.54, 1.807) is 6.20 Å². The molecule has 0 spiro atoms. The monoisotopic (exact) mass is 355 g/mol. The molecule has 1 aromatic heterocycles. The van der Waals surface area contributed by atoms with Crippen molar-refractivity contribution in [1.82, 2.24) is 4.98 Å². The lowest BCUT2D eigenvalue weighted by atomic mass is 9.90. The Balaban J connectivity index is 1.43. The SMILES string of the molecule is Cc1ccc2c(c1)CC(C1=Nc3cc(-c4ccnc(N)c4)ccc3C1)CO2. The van der Waals surface area contributed by atoms with Crippen LogP contribution in [0, 0.1) is 12.8 Å². The van der Waals surface area contributed by atoms with Gasteiger partial charge in [-0.15, -0.1) is 0 Å². The molecular weight excluding hydrogens is 334 g/mol. The Bertz CT molecular complexity index is 1070. The second-order valence-electron chi connectivity index (χ2n) is 7.42. The van der Waals surface area contributed by atoms with Gasteiger partial charge in [0, 0.05) is 24.2 Å². The summed E-state index contributed by atoms with van der Waals surface area (Å²) in [5.74, 6) is 1.89. The quantitative estimate of drug-likeness (QED) is 0.735. The van der Waals surface area contributed by atoms with E-state index in [-0.39, 0.29) is 0 Å². The van der Waals surface area contributed by atoms with E-state index in [1.165, 1.54) is 22.4 Å². The summed E-state index contributed by atoms with van der Waals surface area (Å²) in [6.07, 6.45) is 3.65. The van der Waals surface area contributed by atoms with Gasteiger partial charge in [0.15, 0.2) is 0 Å². The number of aryl methyl sites for hydroxylation is 1. The lowest BCUT2D eigenvalue weighted by Gasteiger charge is -2.25. The number of nitrogen functional groups attached to an aromatic ring is 1. The van der Waals surface area contributed by atoms with Gasteiger partial charge < -0.3 is 10.5 Å². The standard InChI is InChI=1S/C23H21N3O/c1-14-2-5-22-18(8-14)9-19(13-27-22)21-11-17-4-3-15(10-20(17)26-21)16-6-7-25-23(24)12-16/h2-8,10,12,19H,9,11,13H2,1H3,(H2,24,25). The summed E-state index contributed by atoms with van der Waals surface area (Å²) >= 11 is 0. The van der Waals surface area contributed by atoms with Gasteiger partial charge in [-0.1, -0.05) is 29.8 Å². The predicted octanol–water partition coefficient (Wildman–Crippen LogP) is 4.52. The number of rotatable bonds is 2. The van der Waals surface area contributed by atoms with Gasteiger partial charge in [-0.25, -0.2) is 4.98 Å². The zero-order valence-electron chi connectivity index (χ0n) is 15.3. The van der Waals surface area contributed by atoms with E-state index in [0.29, 0.717) is 18.3 Å². The van der Waals surface area contributed by atoms with Crippen molar-refractivity contribution in [3.05, 3.63) is 71.4 Å². The molecule has 0 saturated heterocycles. The van der Waals surface area contributed by atoms with E-state index < -0.39 is 0 Å². The first-order valence-corrected chi connectivity index (χ1v) is 9.30. The summed E-state index contributed by atoms with van der Waals surface area (Å²) in [5, 5.41) is 0. The number of fused-ring (bicyclic) bond motifs is 2. The average molecular weight is 355 g/mol. The maximum atomic E-state index is 6.01. The van der Waals surface area contributed by atoms with Crippen LogP contribution in [0.2, 0.25) is 0 Å². The van der Waals surface area contributed by atoms with Gasteiger partial charge in [-0.05, 0) is 59.9 Å². The minimum absolute atomic E-state index is 0.340. The number of nitrogens with two attached hydrogens (primary N) is 1. The molecule has 4 nitrogen and oxygen atoms in total. The molecule has 3 heterocycles. The van der Waals surface area contributed by atoms with Gasteiger partial charge in [0.05, 0.1) is 12.3 Å². The van der Waals surface area contributed by atoms with Crippen LogP contribution in [-0.4, -0.2) is 17.3 Å². The second kappa shape index (κ2) is 6.23. The van der Waals surface area contributed by atoms with E-state index in [4.69, 9.17) is 15.5 Å². The van der Waals surface area contributed by atoms with Crippen molar-refractivity contribution in [2.75, 3.05) is 12.3 Å². The van der Waals surface area contributed by atoms with Crippen LogP contribution in [0.25, 0.3) is 11.1 Å². The highest BCUT2D eigenvalue weighted by Crippen LogP contribution is 2.36. The number of anilines is 1. The van der Waals surface area contributed by atoms with Gasteiger partial charge in [0.25, 0.3) is 0 Å². The Labute approximate surface area is 158 Å². The zero-order chi connectivity index (χ0) is 18.4. The summed E-state index contributed by atoms with van der Waals surface area (Å²) in [7, 11) is 0. The third kappa shape index (κ3) is 2.97. The van der Waals surface area contributed by atoms with Crippen molar-refractivity contribution in [1.29, 1.82) is 0 Å². The average Bonchev–Trinajstić information content (AvgIpc) is 3.10. The highest BCUT2D eigenvalue weighted by Gasteiger charge is 2.28. The first-order chi connectivity index (χ1) is 13.2. The molecule has 5 rings (SSSR count). The Morgan fingerprint density at radius 3 is 2.78 bits per heavy atom. The molecule has 1 atom stereocenters. The minimum atomic E-state index is 0.340. The summed E-state index contributed by atoms with van der Waals surface area (Å²) in [4.78, 5) is 9.04. The molecule has 2 aromatic carbocycles. The summed E-state index contributed by atoms with van der Waals surface area (Å²) in [5.41, 5.74) is 14.1. The third-order valence-corrected chi connectivity index (χ3v) is 5.43. The molecule has 0 bridgehead atoms. The van der Waals surface area contributed by atoms with Gasteiger partial charge in [-0.2, -0.15) is 0 Å². The topological polar surface area (TPSA) is 60.5 Å². The number of nitrogens with zero attached hydrogens (tertiary/aromatic N) is 2. The Morgan fingerprint density at radius 2 is 1.89 bits per heavy atom. The molecule has 2 aliphatic rings. The number of ether oxygens (including phenoxy) is 1. The van der Waals surface area contributed by atoms with Crippen LogP contribution in [0.15, 0.2) is 59.7 Å². The molecule has 27 heavy (non-hydrogen) atoms. The molecule has 0 amide bonds. The highest BCUT2D eigenvalue weighted by atomic mass is 16.5. The first kappa shape index (κ1) is 16.1. The van der Waals surface area contributed by atoms with Crippen LogP contribution in [-0.2, 0) is 12.8 Å². The van der Waals surface area contributed by atoms with Gasteiger partial charge in [0.1, 0.15) is 11.6 Å². The van der Waals surface area contributed by atoms with Crippen molar-refractivity contribution in [3.8, 4) is 16.9 Å². The van der Waals surface area contributed by atoms with E-state index in [0.717, 1.165) is 35.4 Å². The summed E-state index contributed by atoms with van der Waals surface area (Å²) < 4.78 is 6.01. The normalized spacial score (nSPS) is 17.7. The van der Waals surface area contributed by atoms with Crippen LogP contribution in [0.1, 0.15) is 16.7 Å². The van der Waals surface area contributed by atoms with Crippen molar-refractivity contribution < 1.29 is 4.74 Å². The molecular formula is C23H21N3O. The van der Waals surface area contributed by atoms with Crippen LogP contribution < -0.4 is 10.5 Å². The number of benzene rings is 2. The molecule has 4 heteroatoms. The molecule has 0 aliphatic carbocycles. The van der Waals surface area contributed by atoms with Crippen molar-refractivity contribution in [2.45, 2.75) is 19.8 Å². The lowest BCUT2D eigenvalue weighted by molar-refractivity contribution is 0.258. The maximum Gasteiger partial charge on any atom is 0.123 e. The largest absolute Gasteiger partial charge is 0.493 e. The summed E-state index contributed by atoms with van der Waals surface area (Å²) in [6, 6.07) is 16.8. The van der Waals surface area contributed by atoms with E-state index in [2.05, 4.69) is 48.3 Å². The van der Waals surface area contributed by atoms with Crippen LogP contribution in [0.5, 0.6) is 5.75 Å². The van der Waals surface area contributed by atoms with Crippen molar-refractivity contribution >= 4 is 17.2 Å². The fourth-order valence-electron chi connectivity index (χ4n) is 3.99. The smallest absolute Gasteiger partial charge is 0.123 e. The number of hydrogen-bond acceptors (Lipinski definition) is 4. The zero-order valence-corrected chi connectivity index (χ0v) is 15.3. The maximum absolute atomic E-state index is 6.01. The summed E-state index contributed by atoms with van der Waals surface area (Å²) in [6.45, 7) is 2.83. The van der Waals surface area contributed by atoms with E-state index in [9.17, 15) is 0 Å². The molecule has 0 saturated carbocycles. The number of aliphatic imine (C=N–C) groups is 1.